The fourth-order valence-corrected chi connectivity index (χ4v) is 4.36. The number of hydrogen-bond acceptors (Lipinski definition) is 6. The van der Waals surface area contributed by atoms with Gasteiger partial charge in [-0.05, 0) is 19.1 Å². The first kappa shape index (κ1) is 18.6. The zero-order valence-electron chi connectivity index (χ0n) is 15.0. The van der Waals surface area contributed by atoms with Gasteiger partial charge in [0.15, 0.2) is 6.29 Å². The van der Waals surface area contributed by atoms with Crippen LogP contribution in [-0.4, -0.2) is 39.9 Å². The molecule has 0 N–H and O–H groups in total. The Bertz CT molecular complexity index is 865. The summed E-state index contributed by atoms with van der Waals surface area (Å²) in [7, 11) is -3.85. The molecule has 0 spiro atoms. The highest BCUT2D eigenvalue weighted by molar-refractivity contribution is 7.86. The lowest BCUT2D eigenvalue weighted by Crippen LogP contribution is -2.50. The van der Waals surface area contributed by atoms with Gasteiger partial charge in [0.1, 0.15) is 12.2 Å². The molecule has 0 amide bonds. The van der Waals surface area contributed by atoms with Gasteiger partial charge in [-0.2, -0.15) is 8.42 Å². The summed E-state index contributed by atoms with van der Waals surface area (Å²) < 4.78 is 48.0. The van der Waals surface area contributed by atoms with Crippen molar-refractivity contribution in [1.29, 1.82) is 0 Å². The number of aryl methyl sites for hydroxylation is 1. The van der Waals surface area contributed by atoms with Crippen LogP contribution in [0.25, 0.3) is 0 Å². The molecule has 1 unspecified atom stereocenters. The molecule has 2 aromatic carbocycles. The van der Waals surface area contributed by atoms with E-state index in [1.165, 1.54) is 0 Å². The van der Waals surface area contributed by atoms with Crippen molar-refractivity contribution < 1.29 is 26.8 Å². The van der Waals surface area contributed by atoms with Crippen LogP contribution < -0.4 is 0 Å². The van der Waals surface area contributed by atoms with Gasteiger partial charge in [0.05, 0.1) is 24.2 Å². The van der Waals surface area contributed by atoms with E-state index < -0.39 is 22.5 Å². The highest BCUT2D eigenvalue weighted by Crippen LogP contribution is 2.33. The molecule has 0 saturated carbocycles. The maximum atomic E-state index is 12.5. The van der Waals surface area contributed by atoms with Gasteiger partial charge in [-0.3, -0.25) is 4.18 Å². The van der Waals surface area contributed by atoms with Crippen LogP contribution in [0.4, 0.5) is 0 Å². The lowest BCUT2D eigenvalue weighted by Gasteiger charge is -2.41. The third kappa shape index (κ3) is 4.23. The molecule has 2 fully saturated rings. The molecule has 0 aliphatic carbocycles. The van der Waals surface area contributed by atoms with Gasteiger partial charge >= 0.3 is 0 Å². The Balaban J connectivity index is 1.42. The van der Waals surface area contributed by atoms with Crippen LogP contribution in [0, 0.1) is 6.92 Å². The third-order valence-electron chi connectivity index (χ3n) is 4.76. The largest absolute Gasteiger partial charge is 0.370 e. The van der Waals surface area contributed by atoms with Crippen molar-refractivity contribution in [2.45, 2.75) is 42.8 Å². The summed E-state index contributed by atoms with van der Waals surface area (Å²) in [4.78, 5) is 0.144. The van der Waals surface area contributed by atoms with Gasteiger partial charge in [0, 0.05) is 12.0 Å². The van der Waals surface area contributed by atoms with Crippen molar-refractivity contribution in [2.75, 3.05) is 13.2 Å². The van der Waals surface area contributed by atoms with Crippen molar-refractivity contribution in [2.24, 2.45) is 0 Å². The lowest BCUT2D eigenvalue weighted by molar-refractivity contribution is -0.286. The second kappa shape index (κ2) is 7.69. The molecular weight excluding hydrogens is 368 g/mol. The second-order valence-corrected chi connectivity index (χ2v) is 8.42. The zero-order valence-corrected chi connectivity index (χ0v) is 15.8. The lowest BCUT2D eigenvalue weighted by atomic mass is 10.0. The average Bonchev–Trinajstić information content (AvgIpc) is 2.68. The Morgan fingerprint density at radius 3 is 2.41 bits per heavy atom. The molecule has 4 rings (SSSR count). The van der Waals surface area contributed by atoms with Crippen LogP contribution in [0.1, 0.15) is 23.8 Å². The van der Waals surface area contributed by atoms with Gasteiger partial charge in [0.2, 0.25) is 0 Å². The fraction of sp³-hybridized carbons (Fsp3) is 0.400. The predicted octanol–water partition coefficient (Wildman–Crippen LogP) is 2.97. The van der Waals surface area contributed by atoms with Gasteiger partial charge in [-0.25, -0.2) is 0 Å². The smallest absolute Gasteiger partial charge is 0.297 e. The first-order valence-corrected chi connectivity index (χ1v) is 10.4. The summed E-state index contributed by atoms with van der Waals surface area (Å²) in [5.74, 6) is 0. The number of rotatable bonds is 4. The van der Waals surface area contributed by atoms with E-state index in [2.05, 4.69) is 0 Å². The van der Waals surface area contributed by atoms with Crippen LogP contribution in [0.2, 0.25) is 0 Å². The normalized spacial score (nSPS) is 28.5. The van der Waals surface area contributed by atoms with Crippen molar-refractivity contribution in [3.05, 3.63) is 65.7 Å². The summed E-state index contributed by atoms with van der Waals surface area (Å²) >= 11 is 0. The van der Waals surface area contributed by atoms with E-state index in [0.29, 0.717) is 13.0 Å². The van der Waals surface area contributed by atoms with Crippen molar-refractivity contribution in [3.63, 3.8) is 0 Å². The monoisotopic (exact) mass is 390 g/mol. The Hall–Kier alpha value is -1.77. The van der Waals surface area contributed by atoms with Crippen LogP contribution in [0.15, 0.2) is 59.5 Å². The molecule has 2 aliphatic rings. The van der Waals surface area contributed by atoms with Gasteiger partial charge < -0.3 is 14.2 Å². The van der Waals surface area contributed by atoms with Crippen LogP contribution in [-0.2, 0) is 28.5 Å². The molecule has 7 heteroatoms. The molecule has 27 heavy (non-hydrogen) atoms. The van der Waals surface area contributed by atoms with Gasteiger partial charge in [-0.15, -0.1) is 0 Å². The number of hydrogen-bond donors (Lipinski definition) is 0. The van der Waals surface area contributed by atoms with Crippen molar-refractivity contribution in [3.8, 4) is 0 Å². The van der Waals surface area contributed by atoms with E-state index in [0.717, 1.165) is 11.1 Å². The van der Waals surface area contributed by atoms with Gasteiger partial charge in [-0.1, -0.05) is 48.0 Å². The van der Waals surface area contributed by atoms with Crippen molar-refractivity contribution >= 4 is 10.1 Å². The van der Waals surface area contributed by atoms with Crippen molar-refractivity contribution in [1.82, 2.24) is 0 Å². The Morgan fingerprint density at radius 1 is 0.926 bits per heavy atom. The first-order chi connectivity index (χ1) is 13.0. The number of ether oxygens (including phenoxy) is 3. The van der Waals surface area contributed by atoms with E-state index in [1.807, 2.05) is 37.3 Å². The molecule has 144 valence electrons. The summed E-state index contributed by atoms with van der Waals surface area (Å²) in [6.07, 6.45) is -1.14. The van der Waals surface area contributed by atoms with E-state index in [9.17, 15) is 8.42 Å². The molecule has 0 aromatic heterocycles. The van der Waals surface area contributed by atoms with Crippen LogP contribution in [0.5, 0.6) is 0 Å². The Kier molecular flexibility index (Phi) is 5.29. The molecule has 0 bridgehead atoms. The maximum absolute atomic E-state index is 12.5. The Labute approximate surface area is 159 Å². The standard InChI is InChI=1S/C20H22O6S/c1-14-7-9-17(10-8-14)27(21,22)26-16-11-18-19(23-12-16)13-24-20(25-18)15-5-3-2-4-6-15/h2-10,16,18-20H,11-13H2,1H3/t16-,18+,19+,20?/m0/s1. The second-order valence-electron chi connectivity index (χ2n) is 6.84. The fourth-order valence-electron chi connectivity index (χ4n) is 3.29. The molecule has 2 aliphatic heterocycles. The summed E-state index contributed by atoms with van der Waals surface area (Å²) in [5, 5.41) is 0. The summed E-state index contributed by atoms with van der Waals surface area (Å²) in [6, 6.07) is 16.2. The SMILES string of the molecule is Cc1ccc(S(=O)(=O)O[C@@H]2CO[C@@H]3COC(c4ccccc4)O[C@@H]3C2)cc1. The van der Waals surface area contributed by atoms with E-state index in [1.54, 1.807) is 24.3 Å². The highest BCUT2D eigenvalue weighted by atomic mass is 32.2. The molecule has 0 radical (unpaired) electrons. The summed E-state index contributed by atoms with van der Waals surface area (Å²) in [5.41, 5.74) is 1.91. The molecule has 6 nitrogen and oxygen atoms in total. The molecule has 4 atom stereocenters. The number of fused-ring (bicyclic) bond motifs is 1. The Morgan fingerprint density at radius 2 is 1.67 bits per heavy atom. The minimum Gasteiger partial charge on any atom is -0.370 e. The molecule has 2 aromatic rings. The number of benzene rings is 2. The average molecular weight is 390 g/mol. The minimum absolute atomic E-state index is 0.144. The zero-order chi connectivity index (χ0) is 18.9. The van der Waals surface area contributed by atoms with Gasteiger partial charge in [0.25, 0.3) is 10.1 Å². The van der Waals surface area contributed by atoms with E-state index >= 15 is 0 Å². The first-order valence-electron chi connectivity index (χ1n) is 8.95. The molecular formula is C20H22O6S. The minimum atomic E-state index is -3.85. The van der Waals surface area contributed by atoms with E-state index in [-0.39, 0.29) is 23.7 Å². The molecule has 2 saturated heterocycles. The van der Waals surface area contributed by atoms with E-state index in [4.69, 9.17) is 18.4 Å². The molecule has 2 heterocycles. The highest BCUT2D eigenvalue weighted by Gasteiger charge is 2.40. The quantitative estimate of drug-likeness (QED) is 0.748. The van der Waals surface area contributed by atoms with Crippen LogP contribution in [0.3, 0.4) is 0 Å². The summed E-state index contributed by atoms with van der Waals surface area (Å²) in [6.45, 7) is 2.49. The maximum Gasteiger partial charge on any atom is 0.297 e. The predicted molar refractivity (Wildman–Crippen MR) is 97.6 cm³/mol. The topological polar surface area (TPSA) is 71.1 Å². The third-order valence-corrected chi connectivity index (χ3v) is 6.14. The van der Waals surface area contributed by atoms with Crippen LogP contribution >= 0.6 is 0 Å².